The lowest BCUT2D eigenvalue weighted by Gasteiger charge is -2.07. The molecule has 1 atom stereocenters. The van der Waals surface area contributed by atoms with E-state index in [1.54, 1.807) is 0 Å². The second kappa shape index (κ2) is 5.02. The Labute approximate surface area is 76.1 Å². The van der Waals surface area contributed by atoms with Crippen molar-refractivity contribution in [2.45, 2.75) is 5.82 Å². The first kappa shape index (κ1) is 11.3. The Kier molecular flexibility index (Phi) is 4.36. The largest absolute Gasteiger partial charge is 0.508 e. The molecule has 0 aliphatic carbocycles. The van der Waals surface area contributed by atoms with Gasteiger partial charge in [0.2, 0.25) is 0 Å². The van der Waals surface area contributed by atoms with E-state index in [0.29, 0.717) is 0 Å². The van der Waals surface area contributed by atoms with Crippen molar-refractivity contribution in [3.05, 3.63) is 41.0 Å². The maximum absolute atomic E-state index is 9.62. The normalized spacial score (nSPS) is 15.1. The van der Waals surface area contributed by atoms with Crippen LogP contribution in [-0.2, 0) is 0 Å². The number of nitroso groups, excluding NO2 is 1. The van der Waals surface area contributed by atoms with Crippen molar-refractivity contribution in [3.8, 4) is 0 Å². The molecule has 0 saturated heterocycles. The molecule has 0 saturated carbocycles. The van der Waals surface area contributed by atoms with E-state index in [1.165, 1.54) is 0 Å². The molecule has 1 unspecified atom stereocenters. The van der Waals surface area contributed by atoms with Crippen molar-refractivity contribution in [1.29, 1.82) is 0 Å². The van der Waals surface area contributed by atoms with Crippen LogP contribution in [-0.4, -0.2) is 23.2 Å². The molecule has 0 aromatic heterocycles. The maximum Gasteiger partial charge on any atom is 0.195 e. The molecule has 6 heteroatoms. The Hall–Kier alpha value is -1.72. The molecule has 0 aromatic carbocycles. The molecule has 3 N–H and O–H groups in total. The van der Waals surface area contributed by atoms with Crippen LogP contribution in [0.25, 0.3) is 0 Å². The Bertz CT molecular complexity index is 272. The van der Waals surface area contributed by atoms with Crippen LogP contribution in [0.3, 0.4) is 0 Å². The predicted molar refractivity (Wildman–Crippen MR) is 48.5 cm³/mol. The van der Waals surface area contributed by atoms with Gasteiger partial charge in [-0.05, 0) is 5.18 Å². The van der Waals surface area contributed by atoms with E-state index < -0.39 is 23.1 Å². The summed E-state index contributed by atoms with van der Waals surface area (Å²) in [5, 5.41) is 29.0. The first-order valence-corrected chi connectivity index (χ1v) is 3.25. The highest BCUT2D eigenvalue weighted by Gasteiger charge is 2.11. The first-order chi connectivity index (χ1) is 6.00. The lowest BCUT2D eigenvalue weighted by molar-refractivity contribution is 0.281. The van der Waals surface area contributed by atoms with Crippen molar-refractivity contribution >= 4 is 7.85 Å². The summed E-state index contributed by atoms with van der Waals surface area (Å²) in [6, 6.07) is 0. The van der Waals surface area contributed by atoms with Gasteiger partial charge in [0, 0.05) is 5.82 Å². The molecule has 0 aliphatic rings. The second-order valence-electron chi connectivity index (χ2n) is 2.15. The van der Waals surface area contributed by atoms with Gasteiger partial charge in [-0.2, -0.15) is 0 Å². The van der Waals surface area contributed by atoms with E-state index in [-0.39, 0.29) is 0 Å². The molecule has 68 valence electrons. The van der Waals surface area contributed by atoms with Gasteiger partial charge in [-0.1, -0.05) is 12.7 Å². The van der Waals surface area contributed by atoms with Crippen LogP contribution in [0.15, 0.2) is 41.3 Å². The van der Waals surface area contributed by atoms with Crippen LogP contribution >= 0.6 is 0 Å². The molecule has 0 amide bonds. The molecule has 0 fully saturated rings. The highest BCUT2D eigenvalue weighted by Crippen LogP contribution is 2.18. The molecule has 13 heavy (non-hydrogen) atoms. The Balaban J connectivity index is 4.66. The average molecular weight is 181 g/mol. The van der Waals surface area contributed by atoms with Gasteiger partial charge in [0.25, 0.3) is 0 Å². The van der Waals surface area contributed by atoms with E-state index in [0.717, 1.165) is 12.3 Å². The number of nitrogens with zero attached hydrogens (tertiary/aromatic N) is 1. The second-order valence-corrected chi connectivity index (χ2v) is 2.15. The summed E-state index contributed by atoms with van der Waals surface area (Å²) in [7, 11) is 5.24. The van der Waals surface area contributed by atoms with Gasteiger partial charge in [0.1, 0.15) is 5.76 Å². The van der Waals surface area contributed by atoms with Crippen LogP contribution in [0.1, 0.15) is 0 Å². The summed E-state index contributed by atoms with van der Waals surface area (Å²) in [5.41, 5.74) is 0. The summed E-state index contributed by atoms with van der Waals surface area (Å²) in [4.78, 5) is 9.62. The number of aliphatic hydroxyl groups is 3. The summed E-state index contributed by atoms with van der Waals surface area (Å²) in [5.74, 6) is -3.32. The number of allylic oxidation sites excluding steroid dienone is 1. The van der Waals surface area contributed by atoms with Crippen LogP contribution in [0, 0.1) is 4.91 Å². The van der Waals surface area contributed by atoms with Gasteiger partial charge in [0.15, 0.2) is 11.5 Å². The molecule has 0 rings (SSSR count). The number of aliphatic hydroxyl groups excluding tert-OH is 3. The zero-order valence-corrected chi connectivity index (χ0v) is 6.71. The van der Waals surface area contributed by atoms with E-state index in [2.05, 4.69) is 11.8 Å². The highest BCUT2D eigenvalue weighted by atomic mass is 16.3. The quantitative estimate of drug-likeness (QED) is 0.266. The van der Waals surface area contributed by atoms with Crippen molar-refractivity contribution in [1.82, 2.24) is 0 Å². The van der Waals surface area contributed by atoms with Gasteiger partial charge in [0.05, 0.1) is 14.0 Å². The summed E-state index contributed by atoms with van der Waals surface area (Å²) < 4.78 is 0. The number of hydrogen-bond donors (Lipinski definition) is 3. The van der Waals surface area contributed by atoms with Crippen LogP contribution in [0.2, 0.25) is 5.82 Å². The maximum atomic E-state index is 9.62. The average Bonchev–Trinajstić information content (AvgIpc) is 2.11. The zero-order valence-electron chi connectivity index (χ0n) is 6.71. The smallest absolute Gasteiger partial charge is 0.195 e. The zero-order chi connectivity index (χ0) is 10.4. The van der Waals surface area contributed by atoms with E-state index in [4.69, 9.17) is 23.2 Å². The lowest BCUT2D eigenvalue weighted by Crippen LogP contribution is -2.00. The van der Waals surface area contributed by atoms with E-state index in [1.807, 2.05) is 0 Å². The predicted octanol–water partition coefficient (Wildman–Crippen LogP) is 1.62. The molecule has 0 aromatic rings. The minimum atomic E-state index is -1.11. The molecule has 0 heterocycles. The fraction of sp³-hybridized carbons (Fsp3) is 0.143. The third kappa shape index (κ3) is 3.46. The lowest BCUT2D eigenvalue weighted by atomic mass is 9.85. The minimum absolute atomic E-state index is 0.688. The standard InChI is InChI=1S/C7H8BNO4/c1-4(10)6(11)7(12)5(8)2-3-9-13/h2-3,5,10-12H,1H2/b3-2-,7-6-. The van der Waals surface area contributed by atoms with Gasteiger partial charge >= 0.3 is 0 Å². The Morgan fingerprint density at radius 1 is 1.46 bits per heavy atom. The van der Waals surface area contributed by atoms with Crippen LogP contribution in [0.4, 0.5) is 0 Å². The van der Waals surface area contributed by atoms with Gasteiger partial charge < -0.3 is 15.3 Å². The fourth-order valence-electron chi connectivity index (χ4n) is 0.525. The Morgan fingerprint density at radius 2 is 2.00 bits per heavy atom. The molecule has 0 aliphatic heterocycles. The van der Waals surface area contributed by atoms with Crippen molar-refractivity contribution in [3.63, 3.8) is 0 Å². The van der Waals surface area contributed by atoms with Gasteiger partial charge in [-0.3, -0.25) is 0 Å². The van der Waals surface area contributed by atoms with E-state index >= 15 is 0 Å². The summed E-state index contributed by atoms with van der Waals surface area (Å²) in [6.45, 7) is 2.96. The number of hydrogen-bond acceptors (Lipinski definition) is 5. The molecule has 2 radical (unpaired) electrons. The Morgan fingerprint density at radius 3 is 2.38 bits per heavy atom. The third-order valence-corrected chi connectivity index (χ3v) is 1.19. The monoisotopic (exact) mass is 181 g/mol. The third-order valence-electron chi connectivity index (χ3n) is 1.19. The van der Waals surface area contributed by atoms with Gasteiger partial charge in [-0.15, -0.1) is 4.91 Å². The van der Waals surface area contributed by atoms with Crippen molar-refractivity contribution in [2.24, 2.45) is 5.18 Å². The molecule has 0 spiro atoms. The van der Waals surface area contributed by atoms with Crippen LogP contribution in [0.5, 0.6) is 0 Å². The topological polar surface area (TPSA) is 90.1 Å². The van der Waals surface area contributed by atoms with Crippen LogP contribution < -0.4 is 0 Å². The summed E-state index contributed by atoms with van der Waals surface area (Å²) in [6.07, 6.45) is 1.86. The highest BCUT2D eigenvalue weighted by molar-refractivity contribution is 6.14. The SMILES string of the molecule is [B]C(/C=C\N=O)/C(O)=C(/O)C(=C)O. The number of rotatable bonds is 4. The van der Waals surface area contributed by atoms with Crippen molar-refractivity contribution < 1.29 is 15.3 Å². The first-order valence-electron chi connectivity index (χ1n) is 3.25. The fourth-order valence-corrected chi connectivity index (χ4v) is 0.525. The minimum Gasteiger partial charge on any atom is -0.508 e. The molecule has 5 nitrogen and oxygen atoms in total. The molecular formula is C7H8BNO4. The summed E-state index contributed by atoms with van der Waals surface area (Å²) >= 11 is 0. The molecule has 0 bridgehead atoms. The molecular weight excluding hydrogens is 173 g/mol. The van der Waals surface area contributed by atoms with Crippen molar-refractivity contribution in [2.75, 3.05) is 0 Å². The van der Waals surface area contributed by atoms with E-state index in [9.17, 15) is 4.91 Å². The van der Waals surface area contributed by atoms with Gasteiger partial charge in [-0.25, -0.2) is 0 Å².